The number of aliphatic carboxylic acids is 2. The third-order valence-corrected chi connectivity index (χ3v) is 5.26. The molecule has 1 amide bonds. The maximum absolute atomic E-state index is 12.6. The molecule has 0 unspecified atom stereocenters. The molecule has 2 aromatic rings. The fraction of sp³-hybridized carbons (Fsp3) is 0.333. The number of amides is 1. The molecule has 0 bridgehead atoms. The van der Waals surface area contributed by atoms with Crippen molar-refractivity contribution in [2.45, 2.75) is 45.1 Å². The zero-order chi connectivity index (χ0) is 24.4. The van der Waals surface area contributed by atoms with Crippen molar-refractivity contribution in [3.05, 3.63) is 66.8 Å². The van der Waals surface area contributed by atoms with Crippen LogP contribution in [0.25, 0.3) is 0 Å². The van der Waals surface area contributed by atoms with Crippen molar-refractivity contribution >= 4 is 23.5 Å². The van der Waals surface area contributed by atoms with E-state index in [1.165, 1.54) is 0 Å². The number of hydrogen-bond donors (Lipinski definition) is 3. The first-order chi connectivity index (χ1) is 15.8. The predicted molar refractivity (Wildman–Crippen MR) is 123 cm³/mol. The van der Waals surface area contributed by atoms with Crippen LogP contribution in [0.2, 0.25) is 0 Å². The van der Waals surface area contributed by atoms with Gasteiger partial charge in [-0.25, -0.2) is 14.6 Å². The number of allylic oxidation sites excluding steroid dienone is 2. The number of phenols is 1. The second-order valence-corrected chi connectivity index (χ2v) is 7.51. The lowest BCUT2D eigenvalue weighted by Gasteiger charge is -2.32. The van der Waals surface area contributed by atoms with Crippen LogP contribution >= 0.6 is 0 Å². The number of carboxylic acids is 2. The average molecular weight is 456 g/mol. The normalized spacial score (nSPS) is 12.4. The molecule has 3 rings (SSSR count). The molecule has 0 spiro atoms. The van der Waals surface area contributed by atoms with Crippen LogP contribution in [0.5, 0.6) is 5.75 Å². The van der Waals surface area contributed by atoms with Gasteiger partial charge in [-0.3, -0.25) is 4.79 Å². The number of fused-ring (bicyclic) bond motifs is 1. The molecule has 1 aliphatic rings. The summed E-state index contributed by atoms with van der Waals surface area (Å²) in [4.78, 5) is 36.8. The zero-order valence-corrected chi connectivity index (χ0v) is 18.4. The van der Waals surface area contributed by atoms with Gasteiger partial charge in [0.15, 0.2) is 0 Å². The number of imidazole rings is 1. The number of phenolic OH excluding ortho intramolecular Hbond substituents is 1. The van der Waals surface area contributed by atoms with E-state index in [2.05, 4.69) is 18.1 Å². The van der Waals surface area contributed by atoms with Crippen molar-refractivity contribution in [3.63, 3.8) is 0 Å². The van der Waals surface area contributed by atoms with E-state index in [1.807, 2.05) is 28.1 Å². The van der Waals surface area contributed by atoms with Gasteiger partial charge in [0.1, 0.15) is 5.75 Å². The first-order valence-corrected chi connectivity index (χ1v) is 10.6. The van der Waals surface area contributed by atoms with Crippen molar-refractivity contribution in [2.24, 2.45) is 0 Å². The van der Waals surface area contributed by atoms with Gasteiger partial charge in [0.25, 0.3) is 0 Å². The number of nitrogens with zero attached hydrogens (tertiary/aromatic N) is 3. The van der Waals surface area contributed by atoms with E-state index in [9.17, 15) is 9.90 Å². The highest BCUT2D eigenvalue weighted by molar-refractivity contribution is 6.27. The van der Waals surface area contributed by atoms with Crippen LogP contribution in [0, 0.1) is 0 Å². The molecule has 0 aliphatic carbocycles. The van der Waals surface area contributed by atoms with E-state index in [0.717, 1.165) is 41.8 Å². The van der Waals surface area contributed by atoms with Gasteiger partial charge in [-0.1, -0.05) is 12.2 Å². The summed E-state index contributed by atoms with van der Waals surface area (Å²) >= 11 is 0. The molecule has 0 saturated carbocycles. The van der Waals surface area contributed by atoms with Crippen molar-refractivity contribution in [3.8, 4) is 5.75 Å². The topological polar surface area (TPSA) is 133 Å². The summed E-state index contributed by atoms with van der Waals surface area (Å²) in [7, 11) is 0. The van der Waals surface area contributed by atoms with Gasteiger partial charge < -0.3 is 24.8 Å². The summed E-state index contributed by atoms with van der Waals surface area (Å²) in [5.74, 6) is -3.17. The first-order valence-electron chi connectivity index (χ1n) is 10.6. The molecule has 1 aromatic carbocycles. The van der Waals surface area contributed by atoms with Crippen LogP contribution in [-0.2, 0) is 40.2 Å². The van der Waals surface area contributed by atoms with Gasteiger partial charge in [-0.2, -0.15) is 0 Å². The molecule has 3 N–H and O–H groups in total. The summed E-state index contributed by atoms with van der Waals surface area (Å²) in [6.07, 6.45) is 13.3. The maximum atomic E-state index is 12.6. The Kier molecular flexibility index (Phi) is 9.41. The Morgan fingerprint density at radius 1 is 1.06 bits per heavy atom. The molecular formula is C24H29N3O6. The van der Waals surface area contributed by atoms with Crippen molar-refractivity contribution in [1.29, 1.82) is 0 Å². The Balaban J connectivity index is 0.000000569. The summed E-state index contributed by atoms with van der Waals surface area (Å²) < 4.78 is 2.05. The largest absolute Gasteiger partial charge is 0.507 e. The van der Waals surface area contributed by atoms with Gasteiger partial charge in [0.2, 0.25) is 5.91 Å². The van der Waals surface area contributed by atoms with Gasteiger partial charge in [-0.05, 0) is 49.3 Å². The number of rotatable bonds is 9. The predicted octanol–water partition coefficient (Wildman–Crippen LogP) is 2.96. The Morgan fingerprint density at radius 2 is 1.73 bits per heavy atom. The Bertz CT molecular complexity index is 1000. The average Bonchev–Trinajstić information content (AvgIpc) is 3.29. The van der Waals surface area contributed by atoms with Crippen LogP contribution in [0.3, 0.4) is 0 Å². The Morgan fingerprint density at radius 3 is 2.30 bits per heavy atom. The third-order valence-electron chi connectivity index (χ3n) is 5.26. The molecule has 0 atom stereocenters. The van der Waals surface area contributed by atoms with E-state index in [0.29, 0.717) is 38.0 Å². The number of benzene rings is 1. The quantitative estimate of drug-likeness (QED) is 0.301. The second kappa shape index (κ2) is 12.2. The van der Waals surface area contributed by atoms with Gasteiger partial charge >= 0.3 is 11.9 Å². The van der Waals surface area contributed by atoms with Crippen molar-refractivity contribution < 1.29 is 29.7 Å². The molecule has 9 heteroatoms. The van der Waals surface area contributed by atoms with Crippen LogP contribution in [0.15, 0.2) is 50.1 Å². The van der Waals surface area contributed by atoms with Gasteiger partial charge in [0, 0.05) is 43.2 Å². The Hall–Kier alpha value is -3.88. The third kappa shape index (κ3) is 6.80. The van der Waals surface area contributed by atoms with E-state index in [1.54, 1.807) is 18.3 Å². The highest BCUT2D eigenvalue weighted by atomic mass is 16.4. The van der Waals surface area contributed by atoms with Crippen LogP contribution in [0.1, 0.15) is 36.0 Å². The minimum atomic E-state index is -1.82. The smallest absolute Gasteiger partial charge is 0.414 e. The summed E-state index contributed by atoms with van der Waals surface area (Å²) in [5.41, 5.74) is 3.74. The lowest BCUT2D eigenvalue weighted by atomic mass is 9.90. The van der Waals surface area contributed by atoms with E-state index < -0.39 is 11.9 Å². The van der Waals surface area contributed by atoms with Crippen LogP contribution < -0.4 is 4.90 Å². The molecule has 2 heterocycles. The minimum absolute atomic E-state index is 0.157. The summed E-state index contributed by atoms with van der Waals surface area (Å²) in [6, 6.07) is 1.96. The monoisotopic (exact) mass is 455 g/mol. The van der Waals surface area contributed by atoms with Crippen molar-refractivity contribution in [1.82, 2.24) is 9.55 Å². The van der Waals surface area contributed by atoms with Crippen molar-refractivity contribution in [2.75, 3.05) is 11.4 Å². The molecular weight excluding hydrogens is 426 g/mol. The molecule has 1 aliphatic heterocycles. The molecule has 0 fully saturated rings. The van der Waals surface area contributed by atoms with Gasteiger partial charge in [-0.15, -0.1) is 13.2 Å². The highest BCUT2D eigenvalue weighted by Crippen LogP contribution is 2.39. The number of carboxylic acid groups (broad SMARTS) is 2. The molecule has 9 nitrogen and oxygen atoms in total. The maximum Gasteiger partial charge on any atom is 0.414 e. The summed E-state index contributed by atoms with van der Waals surface area (Å²) in [6.45, 7) is 9.19. The van der Waals surface area contributed by atoms with E-state index in [-0.39, 0.29) is 5.91 Å². The molecule has 0 radical (unpaired) electrons. The van der Waals surface area contributed by atoms with E-state index in [4.69, 9.17) is 19.8 Å². The minimum Gasteiger partial charge on any atom is -0.507 e. The number of aromatic nitrogens is 2. The number of carbonyl (C=O) groups is 3. The standard InChI is InChI=1S/C22H27N3O2.C2H2O4/c1-3-7-17-15-20-18(19(8-4-2)22(17)27)9-10-21(26)25(20)13-6-5-12-24-14-11-23-16-24;3-1(4)2(5)6/h3-4,11,14-16,27H,1-2,5-10,12-13H2;(H,3,4)(H,5,6). The number of hydrogen-bond acceptors (Lipinski definition) is 5. The Labute approximate surface area is 192 Å². The number of unbranched alkanes of at least 4 members (excludes halogenated alkanes) is 1. The lowest BCUT2D eigenvalue weighted by Crippen LogP contribution is -2.36. The van der Waals surface area contributed by atoms with E-state index >= 15 is 0 Å². The SMILES string of the molecule is C=CCc1cc2c(c(CC=C)c1O)CCC(=O)N2CCCCn1ccnc1.O=C(O)C(=O)O. The summed E-state index contributed by atoms with van der Waals surface area (Å²) in [5, 5.41) is 25.5. The van der Waals surface area contributed by atoms with Crippen LogP contribution in [-0.4, -0.2) is 49.3 Å². The zero-order valence-electron chi connectivity index (χ0n) is 18.4. The molecule has 176 valence electrons. The molecule has 0 saturated heterocycles. The molecule has 1 aromatic heterocycles. The fourth-order valence-electron chi connectivity index (χ4n) is 3.74. The molecule has 33 heavy (non-hydrogen) atoms. The number of carbonyl (C=O) groups excluding carboxylic acids is 1. The first kappa shape index (κ1) is 25.4. The fourth-order valence-corrected chi connectivity index (χ4v) is 3.74. The van der Waals surface area contributed by atoms with Crippen LogP contribution in [0.4, 0.5) is 5.69 Å². The van der Waals surface area contributed by atoms with Gasteiger partial charge in [0.05, 0.1) is 6.33 Å². The second-order valence-electron chi connectivity index (χ2n) is 7.51. The number of anilines is 1. The lowest BCUT2D eigenvalue weighted by molar-refractivity contribution is -0.159. The highest BCUT2D eigenvalue weighted by Gasteiger charge is 2.28. The number of aromatic hydroxyl groups is 1. The number of aryl methyl sites for hydroxylation is 1.